The number of ether oxygens (including phenoxy) is 2. The summed E-state index contributed by atoms with van der Waals surface area (Å²) in [7, 11) is 0. The lowest BCUT2D eigenvalue weighted by atomic mass is 9.83. The zero-order valence-corrected chi connectivity index (χ0v) is 28.9. The number of carbonyl (C=O) groups is 2. The number of para-hydroxylation sites is 2. The predicted molar refractivity (Wildman–Crippen MR) is 182 cm³/mol. The van der Waals surface area contributed by atoms with E-state index < -0.39 is 12.0 Å². The molecular weight excluding hydrogens is 632 g/mol. The number of nitrogens with one attached hydrogen (secondary N) is 1. The number of halogens is 2. The van der Waals surface area contributed by atoms with Crippen LogP contribution in [0.25, 0.3) is 16.9 Å². The third kappa shape index (κ3) is 8.84. The molecule has 0 spiro atoms. The molecule has 1 saturated carbocycles. The molecule has 49 heavy (non-hydrogen) atoms. The quantitative estimate of drug-likeness (QED) is 0.283. The van der Waals surface area contributed by atoms with Gasteiger partial charge in [0.2, 0.25) is 5.91 Å². The molecule has 1 atom stereocenters. The molecule has 6 rings (SSSR count). The average Bonchev–Trinajstić information content (AvgIpc) is 3.49. The van der Waals surface area contributed by atoms with E-state index in [-0.39, 0.29) is 29.8 Å². The highest BCUT2D eigenvalue weighted by Gasteiger charge is 2.33. The van der Waals surface area contributed by atoms with E-state index in [0.29, 0.717) is 80.2 Å². The number of carbonyl (C=O) groups excluding carboxylic acids is 2. The van der Waals surface area contributed by atoms with Crippen molar-refractivity contribution in [2.24, 2.45) is 11.8 Å². The first-order chi connectivity index (χ1) is 23.5. The number of alkyl halides is 2. The molecule has 2 aromatic heterocycles. The minimum Gasteiger partial charge on any atom is -0.444 e. The van der Waals surface area contributed by atoms with E-state index in [1.165, 1.54) is 4.57 Å². The van der Waals surface area contributed by atoms with Crippen molar-refractivity contribution in [2.75, 3.05) is 44.3 Å². The second kappa shape index (κ2) is 15.3. The van der Waals surface area contributed by atoms with Crippen LogP contribution in [0.5, 0.6) is 0 Å². The van der Waals surface area contributed by atoms with E-state index in [0.717, 1.165) is 51.4 Å². The van der Waals surface area contributed by atoms with Gasteiger partial charge < -0.3 is 24.6 Å². The Morgan fingerprint density at radius 1 is 1.00 bits per heavy atom. The van der Waals surface area contributed by atoms with Gasteiger partial charge in [0.05, 0.1) is 30.2 Å². The number of piperidine rings is 1. The second-order valence-electron chi connectivity index (χ2n) is 14.6. The first-order valence-corrected chi connectivity index (χ1v) is 17.8. The molecule has 11 nitrogen and oxygen atoms in total. The number of aryl methyl sites for hydroxylation is 1. The molecule has 0 radical (unpaired) electrons. The summed E-state index contributed by atoms with van der Waals surface area (Å²) in [6, 6.07) is 9.06. The van der Waals surface area contributed by atoms with Gasteiger partial charge >= 0.3 is 6.09 Å². The Hall–Kier alpha value is -3.87. The molecule has 3 fully saturated rings. The van der Waals surface area contributed by atoms with Crippen LogP contribution < -0.4 is 10.2 Å². The van der Waals surface area contributed by atoms with Crippen molar-refractivity contribution in [1.82, 2.24) is 29.7 Å². The average molecular weight is 682 g/mol. The van der Waals surface area contributed by atoms with E-state index in [2.05, 4.69) is 15.2 Å². The van der Waals surface area contributed by atoms with Gasteiger partial charge in [0.15, 0.2) is 5.82 Å². The fraction of sp³-hybridized carbons (Fsp3) is 0.639. The molecule has 1 aliphatic carbocycles. The summed E-state index contributed by atoms with van der Waals surface area (Å²) < 4.78 is 40.9. The van der Waals surface area contributed by atoms with Crippen molar-refractivity contribution in [3.63, 3.8) is 0 Å². The zero-order valence-electron chi connectivity index (χ0n) is 28.9. The van der Waals surface area contributed by atoms with Gasteiger partial charge in [-0.05, 0) is 83.8 Å². The number of fused-ring (bicyclic) bond motifs is 1. The van der Waals surface area contributed by atoms with Crippen LogP contribution in [0.1, 0.15) is 90.2 Å². The SMILES string of the molecule is CC(C)(C)OC(=O)N1CCC[C@@H](C(=O)NC2CCC(CCCc3nc(N4CCOCC4)cc(-n4c(C(F)F)nc5ccccc54)n3)CC2)C1. The molecule has 2 amide bonds. The summed E-state index contributed by atoms with van der Waals surface area (Å²) in [5, 5.41) is 3.27. The summed E-state index contributed by atoms with van der Waals surface area (Å²) in [6.07, 6.45) is 4.87. The van der Waals surface area contributed by atoms with Crippen LogP contribution in [0.2, 0.25) is 0 Å². The summed E-state index contributed by atoms with van der Waals surface area (Å²) in [4.78, 5) is 43.4. The molecule has 1 N–H and O–H groups in total. The summed E-state index contributed by atoms with van der Waals surface area (Å²) in [6.45, 7) is 9.06. The Morgan fingerprint density at radius 3 is 2.47 bits per heavy atom. The molecule has 1 aromatic carbocycles. The van der Waals surface area contributed by atoms with Crippen LogP contribution in [-0.4, -0.2) is 87.5 Å². The Balaban J connectivity index is 1.04. The van der Waals surface area contributed by atoms with Crippen molar-refractivity contribution in [1.29, 1.82) is 0 Å². The number of hydrogen-bond donors (Lipinski definition) is 1. The van der Waals surface area contributed by atoms with Crippen molar-refractivity contribution in [3.05, 3.63) is 42.0 Å². The third-order valence-electron chi connectivity index (χ3n) is 9.74. The minimum atomic E-state index is -2.76. The monoisotopic (exact) mass is 681 g/mol. The largest absolute Gasteiger partial charge is 0.444 e. The van der Waals surface area contributed by atoms with Gasteiger partial charge in [0.25, 0.3) is 6.43 Å². The lowest BCUT2D eigenvalue weighted by Crippen LogP contribution is -2.49. The molecule has 2 saturated heterocycles. The third-order valence-corrected chi connectivity index (χ3v) is 9.74. The first kappa shape index (κ1) is 35.0. The fourth-order valence-corrected chi connectivity index (χ4v) is 7.23. The maximum atomic E-state index is 14.2. The van der Waals surface area contributed by atoms with E-state index in [1.54, 1.807) is 29.2 Å². The Labute approximate surface area is 286 Å². The van der Waals surface area contributed by atoms with E-state index in [9.17, 15) is 18.4 Å². The highest BCUT2D eigenvalue weighted by molar-refractivity contribution is 5.80. The van der Waals surface area contributed by atoms with Crippen LogP contribution in [0.15, 0.2) is 30.3 Å². The molecular formula is C36H49F2N7O4. The normalized spacial score (nSPS) is 22.0. The maximum Gasteiger partial charge on any atom is 0.410 e. The van der Waals surface area contributed by atoms with Crippen molar-refractivity contribution < 1.29 is 27.8 Å². The van der Waals surface area contributed by atoms with Crippen LogP contribution in [0, 0.1) is 11.8 Å². The number of nitrogens with zero attached hydrogens (tertiary/aromatic N) is 6. The van der Waals surface area contributed by atoms with Gasteiger partial charge in [-0.25, -0.2) is 28.5 Å². The lowest BCUT2D eigenvalue weighted by molar-refractivity contribution is -0.127. The minimum absolute atomic E-state index is 0.0329. The van der Waals surface area contributed by atoms with E-state index in [4.69, 9.17) is 19.4 Å². The first-order valence-electron chi connectivity index (χ1n) is 17.8. The molecule has 266 valence electrons. The van der Waals surface area contributed by atoms with Gasteiger partial charge in [-0.15, -0.1) is 0 Å². The van der Waals surface area contributed by atoms with Crippen molar-refractivity contribution in [2.45, 2.75) is 96.6 Å². The van der Waals surface area contributed by atoms with Crippen LogP contribution in [-0.2, 0) is 20.7 Å². The number of benzene rings is 1. The van der Waals surface area contributed by atoms with Gasteiger partial charge in [-0.2, -0.15) is 0 Å². The molecule has 4 heterocycles. The molecule has 2 aliphatic heterocycles. The van der Waals surface area contributed by atoms with Gasteiger partial charge in [-0.1, -0.05) is 18.6 Å². The fourth-order valence-electron chi connectivity index (χ4n) is 7.23. The van der Waals surface area contributed by atoms with Crippen LogP contribution in [0.4, 0.5) is 19.4 Å². The van der Waals surface area contributed by atoms with E-state index >= 15 is 0 Å². The van der Waals surface area contributed by atoms with Crippen LogP contribution in [0.3, 0.4) is 0 Å². The number of aromatic nitrogens is 4. The predicted octanol–water partition coefficient (Wildman–Crippen LogP) is 6.23. The lowest BCUT2D eigenvalue weighted by Gasteiger charge is -2.35. The maximum absolute atomic E-state index is 14.2. The number of rotatable bonds is 9. The summed E-state index contributed by atoms with van der Waals surface area (Å²) in [5.74, 6) is 1.77. The number of morpholine rings is 1. The standard InChI is InChI=1S/C36H49F2N7O4/c1-36(2,3)49-35(47)44-17-7-9-25(23-44)34(46)39-26-15-13-24(14-16-26)8-6-12-29-41-30(43-18-20-48-21-19-43)22-31(42-29)45-28-11-5-4-10-27(28)40-33(45)32(37)38/h4-5,10-11,22,24-26,32H,6-9,12-21,23H2,1-3H3,(H,39,46)/t24?,25-,26?/m1/s1. The van der Waals surface area contributed by atoms with Gasteiger partial charge in [-0.3, -0.25) is 9.36 Å². The smallest absolute Gasteiger partial charge is 0.410 e. The zero-order chi connectivity index (χ0) is 34.5. The van der Waals surface area contributed by atoms with Crippen molar-refractivity contribution >= 4 is 28.9 Å². The van der Waals surface area contributed by atoms with Crippen molar-refractivity contribution in [3.8, 4) is 5.82 Å². The highest BCUT2D eigenvalue weighted by Crippen LogP contribution is 2.31. The Morgan fingerprint density at radius 2 is 1.73 bits per heavy atom. The number of imidazole rings is 1. The molecule has 3 aliphatic rings. The number of likely N-dealkylation sites (tertiary alicyclic amines) is 1. The van der Waals surface area contributed by atoms with E-state index in [1.807, 2.05) is 26.8 Å². The Bertz CT molecular complexity index is 1600. The molecule has 3 aromatic rings. The highest BCUT2D eigenvalue weighted by atomic mass is 19.3. The summed E-state index contributed by atoms with van der Waals surface area (Å²) in [5.41, 5.74) is 0.520. The molecule has 0 unspecified atom stereocenters. The molecule has 13 heteroatoms. The second-order valence-corrected chi connectivity index (χ2v) is 14.6. The number of amides is 2. The number of anilines is 1. The van der Waals surface area contributed by atoms with Crippen LogP contribution >= 0.6 is 0 Å². The molecule has 0 bridgehead atoms. The van der Waals surface area contributed by atoms with Gasteiger partial charge in [0.1, 0.15) is 23.1 Å². The summed E-state index contributed by atoms with van der Waals surface area (Å²) >= 11 is 0. The number of hydrogen-bond acceptors (Lipinski definition) is 8. The van der Waals surface area contributed by atoms with Gasteiger partial charge in [0, 0.05) is 44.7 Å². The Kier molecular flexibility index (Phi) is 11.0. The topological polar surface area (TPSA) is 115 Å².